The van der Waals surface area contributed by atoms with Crippen molar-refractivity contribution in [2.45, 2.75) is 37.5 Å². The average Bonchev–Trinajstić information content (AvgIpc) is 3.50. The molecule has 3 aromatic rings. The highest BCUT2D eigenvalue weighted by molar-refractivity contribution is 9.10. The van der Waals surface area contributed by atoms with Crippen molar-refractivity contribution in [3.8, 4) is 5.75 Å². The minimum Gasteiger partial charge on any atom is -0.497 e. The molecule has 1 aromatic heterocycles. The third kappa shape index (κ3) is 3.03. The van der Waals surface area contributed by atoms with Gasteiger partial charge in [0.15, 0.2) is 0 Å². The van der Waals surface area contributed by atoms with E-state index in [1.54, 1.807) is 7.11 Å². The number of fused-ring (bicyclic) bond motifs is 4. The molecule has 0 bridgehead atoms. The van der Waals surface area contributed by atoms with Crippen LogP contribution in [0, 0.1) is 11.8 Å². The number of benzene rings is 2. The lowest BCUT2D eigenvalue weighted by molar-refractivity contribution is 0.0783. The summed E-state index contributed by atoms with van der Waals surface area (Å²) < 4.78 is 6.83. The van der Waals surface area contributed by atoms with Gasteiger partial charge in [0.1, 0.15) is 5.75 Å². The molecule has 1 aliphatic heterocycles. The fraction of sp³-hybridized carbons (Fsp3) is 0.462. The minimum atomic E-state index is 0.189. The molecule has 0 spiro atoms. The van der Waals surface area contributed by atoms with Gasteiger partial charge >= 0.3 is 0 Å². The van der Waals surface area contributed by atoms with Crippen LogP contribution in [-0.4, -0.2) is 36.6 Å². The molecule has 2 aromatic carbocycles. The Kier molecular flexibility index (Phi) is 4.50. The second-order valence-electron chi connectivity index (χ2n) is 9.66. The van der Waals surface area contributed by atoms with E-state index < -0.39 is 0 Å². The number of hydrogen-bond acceptors (Lipinski definition) is 2. The molecule has 30 heavy (non-hydrogen) atoms. The van der Waals surface area contributed by atoms with Crippen molar-refractivity contribution in [3.05, 3.63) is 63.8 Å². The molecular weight excluding hydrogens is 436 g/mol. The van der Waals surface area contributed by atoms with Crippen molar-refractivity contribution in [1.82, 2.24) is 9.88 Å². The van der Waals surface area contributed by atoms with E-state index in [0.29, 0.717) is 5.92 Å². The van der Waals surface area contributed by atoms with Crippen molar-refractivity contribution >= 4 is 26.8 Å². The molecule has 2 atom stereocenters. The van der Waals surface area contributed by atoms with E-state index in [1.165, 1.54) is 71.1 Å². The Morgan fingerprint density at radius 3 is 2.90 bits per heavy atom. The molecular formula is C26H29BrN2O. The summed E-state index contributed by atoms with van der Waals surface area (Å²) in [5, 5.41) is 1.39. The van der Waals surface area contributed by atoms with Crippen molar-refractivity contribution in [2.24, 2.45) is 11.8 Å². The van der Waals surface area contributed by atoms with E-state index in [4.69, 9.17) is 4.74 Å². The van der Waals surface area contributed by atoms with E-state index in [1.807, 2.05) is 0 Å². The first-order valence-corrected chi connectivity index (χ1v) is 12.1. The number of aromatic nitrogens is 1. The fourth-order valence-electron chi connectivity index (χ4n) is 6.14. The van der Waals surface area contributed by atoms with E-state index in [9.17, 15) is 0 Å². The molecule has 4 heteroatoms. The number of piperidine rings is 1. The van der Waals surface area contributed by atoms with Crippen LogP contribution in [0.5, 0.6) is 5.75 Å². The van der Waals surface area contributed by atoms with Crippen LogP contribution in [0.15, 0.2) is 46.9 Å². The SMILES string of the molecule is COc1cccc(C23CCN(CC4CC4)CC2Cc2c([nH]c4cccc(Br)c24)C3)c1. The lowest BCUT2D eigenvalue weighted by Gasteiger charge is -2.51. The zero-order chi connectivity index (χ0) is 20.3. The summed E-state index contributed by atoms with van der Waals surface area (Å²) in [5.74, 6) is 2.57. The topological polar surface area (TPSA) is 28.3 Å². The summed E-state index contributed by atoms with van der Waals surface area (Å²) in [6.45, 7) is 3.73. The molecule has 2 aliphatic carbocycles. The first-order valence-electron chi connectivity index (χ1n) is 11.3. The first kappa shape index (κ1) is 18.9. The smallest absolute Gasteiger partial charge is 0.119 e. The summed E-state index contributed by atoms with van der Waals surface area (Å²) in [7, 11) is 1.78. The monoisotopic (exact) mass is 464 g/mol. The molecule has 3 aliphatic rings. The second-order valence-corrected chi connectivity index (χ2v) is 10.5. The predicted molar refractivity (Wildman–Crippen MR) is 125 cm³/mol. The number of H-pyrrole nitrogens is 1. The Morgan fingerprint density at radius 2 is 2.07 bits per heavy atom. The summed E-state index contributed by atoms with van der Waals surface area (Å²) >= 11 is 3.83. The summed E-state index contributed by atoms with van der Waals surface area (Å²) in [4.78, 5) is 6.55. The Morgan fingerprint density at radius 1 is 1.20 bits per heavy atom. The van der Waals surface area contributed by atoms with E-state index in [2.05, 4.69) is 68.3 Å². The second kappa shape index (κ2) is 7.13. The van der Waals surface area contributed by atoms with Crippen LogP contribution >= 0.6 is 15.9 Å². The van der Waals surface area contributed by atoms with Gasteiger partial charge in [0.05, 0.1) is 7.11 Å². The Bertz CT molecular complexity index is 1100. The van der Waals surface area contributed by atoms with E-state index in [0.717, 1.165) is 24.5 Å². The van der Waals surface area contributed by atoms with Gasteiger partial charge in [0, 0.05) is 39.6 Å². The van der Waals surface area contributed by atoms with Gasteiger partial charge in [-0.1, -0.05) is 34.1 Å². The third-order valence-electron chi connectivity index (χ3n) is 7.90. The molecule has 2 heterocycles. The zero-order valence-electron chi connectivity index (χ0n) is 17.6. The Labute approximate surface area is 186 Å². The summed E-state index contributed by atoms with van der Waals surface area (Å²) in [6, 6.07) is 15.4. The number of nitrogens with one attached hydrogen (secondary N) is 1. The molecule has 1 saturated heterocycles. The van der Waals surface area contributed by atoms with Gasteiger partial charge in [-0.3, -0.25) is 0 Å². The maximum Gasteiger partial charge on any atom is 0.119 e. The molecule has 2 unspecified atom stereocenters. The van der Waals surface area contributed by atoms with Gasteiger partial charge in [0.25, 0.3) is 0 Å². The van der Waals surface area contributed by atoms with Crippen molar-refractivity contribution < 1.29 is 4.74 Å². The number of aromatic amines is 1. The van der Waals surface area contributed by atoms with Crippen LogP contribution in [0.2, 0.25) is 0 Å². The first-order chi connectivity index (χ1) is 14.7. The number of rotatable bonds is 4. The number of ether oxygens (including phenoxy) is 1. The van der Waals surface area contributed by atoms with Gasteiger partial charge in [-0.25, -0.2) is 0 Å². The molecule has 1 saturated carbocycles. The number of likely N-dealkylation sites (tertiary alicyclic amines) is 1. The van der Waals surface area contributed by atoms with Crippen LogP contribution in [0.25, 0.3) is 10.9 Å². The normalized spacial score (nSPS) is 26.4. The zero-order valence-corrected chi connectivity index (χ0v) is 19.2. The fourth-order valence-corrected chi connectivity index (χ4v) is 6.75. The maximum absolute atomic E-state index is 5.61. The lowest BCUT2D eigenvalue weighted by Crippen LogP contribution is -2.54. The summed E-state index contributed by atoms with van der Waals surface area (Å²) in [5.41, 5.74) is 5.89. The van der Waals surface area contributed by atoms with E-state index >= 15 is 0 Å². The molecule has 3 nitrogen and oxygen atoms in total. The van der Waals surface area contributed by atoms with Crippen LogP contribution in [-0.2, 0) is 18.3 Å². The van der Waals surface area contributed by atoms with Crippen molar-refractivity contribution in [3.63, 3.8) is 0 Å². The Balaban J connectivity index is 1.45. The largest absolute Gasteiger partial charge is 0.497 e. The standard InChI is InChI=1S/C26H29BrN2O/c1-30-20-5-2-4-18(12-20)26-10-11-29(15-17-8-9-17)16-19(26)13-21-24(14-26)28-23-7-3-6-22(27)25(21)23/h2-7,12,17,19,28H,8-11,13-16H2,1H3. The van der Waals surface area contributed by atoms with Gasteiger partial charge in [0.2, 0.25) is 0 Å². The average molecular weight is 465 g/mol. The maximum atomic E-state index is 5.61. The predicted octanol–water partition coefficient (Wildman–Crippen LogP) is 5.71. The van der Waals surface area contributed by atoms with Gasteiger partial charge in [-0.05, 0) is 85.9 Å². The summed E-state index contributed by atoms with van der Waals surface area (Å²) in [6.07, 6.45) is 6.34. The van der Waals surface area contributed by atoms with Gasteiger partial charge in [-0.15, -0.1) is 0 Å². The highest BCUT2D eigenvalue weighted by Crippen LogP contribution is 2.50. The molecule has 6 rings (SSSR count). The molecule has 2 fully saturated rings. The Hall–Kier alpha value is -1.78. The highest BCUT2D eigenvalue weighted by Gasteiger charge is 2.48. The van der Waals surface area contributed by atoms with Crippen LogP contribution in [0.4, 0.5) is 0 Å². The number of halogens is 1. The minimum absolute atomic E-state index is 0.189. The molecule has 0 radical (unpaired) electrons. The molecule has 0 amide bonds. The van der Waals surface area contributed by atoms with Gasteiger partial charge < -0.3 is 14.6 Å². The lowest BCUT2D eigenvalue weighted by atomic mass is 9.58. The van der Waals surface area contributed by atoms with Crippen LogP contribution < -0.4 is 4.74 Å². The molecule has 1 N–H and O–H groups in total. The number of hydrogen-bond donors (Lipinski definition) is 1. The third-order valence-corrected chi connectivity index (χ3v) is 8.56. The number of methoxy groups -OCH3 is 1. The quantitative estimate of drug-likeness (QED) is 0.535. The van der Waals surface area contributed by atoms with Crippen LogP contribution in [0.1, 0.15) is 36.1 Å². The highest BCUT2D eigenvalue weighted by atomic mass is 79.9. The van der Waals surface area contributed by atoms with E-state index in [-0.39, 0.29) is 5.41 Å². The number of nitrogens with zero attached hydrogens (tertiary/aromatic N) is 1. The van der Waals surface area contributed by atoms with Crippen molar-refractivity contribution in [2.75, 3.05) is 26.7 Å². The van der Waals surface area contributed by atoms with Crippen LogP contribution in [0.3, 0.4) is 0 Å². The van der Waals surface area contributed by atoms with Crippen molar-refractivity contribution in [1.29, 1.82) is 0 Å². The molecule has 156 valence electrons. The van der Waals surface area contributed by atoms with Gasteiger partial charge in [-0.2, -0.15) is 0 Å².